The van der Waals surface area contributed by atoms with Crippen molar-refractivity contribution in [3.05, 3.63) is 35.7 Å². The number of aromatic nitrogens is 1. The number of thiazole rings is 1. The van der Waals surface area contributed by atoms with Crippen LogP contribution >= 0.6 is 34.4 Å². The van der Waals surface area contributed by atoms with Gasteiger partial charge in [0.25, 0.3) is 4.34 Å². The summed E-state index contributed by atoms with van der Waals surface area (Å²) in [6, 6.07) is 11.0. The molecule has 2 heterocycles. The van der Waals surface area contributed by atoms with Gasteiger partial charge in [-0.2, -0.15) is 4.57 Å². The second-order valence-electron chi connectivity index (χ2n) is 3.79. The summed E-state index contributed by atoms with van der Waals surface area (Å²) in [5.41, 5.74) is 2.64. The third kappa shape index (κ3) is 1.90. The minimum absolute atomic E-state index is 1.32. The van der Waals surface area contributed by atoms with Crippen LogP contribution in [0.3, 0.4) is 0 Å². The first-order valence-corrected chi connectivity index (χ1v) is 8.22. The zero-order chi connectivity index (χ0) is 11.8. The van der Waals surface area contributed by atoms with Crippen molar-refractivity contribution in [3.8, 4) is 10.4 Å². The van der Waals surface area contributed by atoms with Crippen molar-refractivity contribution in [2.24, 2.45) is 7.05 Å². The molecule has 1 nitrogen and oxygen atoms in total. The summed E-state index contributed by atoms with van der Waals surface area (Å²) in [7, 11) is 2.13. The van der Waals surface area contributed by atoms with Crippen molar-refractivity contribution in [1.82, 2.24) is 0 Å². The minimum Gasteiger partial charge on any atom is -0.179 e. The van der Waals surface area contributed by atoms with Crippen molar-refractivity contribution in [3.63, 3.8) is 0 Å². The zero-order valence-electron chi connectivity index (χ0n) is 9.64. The molecule has 0 fully saturated rings. The second-order valence-corrected chi connectivity index (χ2v) is 6.82. The molecule has 0 aliphatic heterocycles. The lowest BCUT2D eigenvalue weighted by molar-refractivity contribution is -0.676. The number of rotatable bonds is 2. The van der Waals surface area contributed by atoms with E-state index in [1.165, 1.54) is 25.0 Å². The molecular formula is C13H12NS3+. The van der Waals surface area contributed by atoms with E-state index in [2.05, 4.69) is 53.6 Å². The number of thioether (sulfide) groups is 1. The maximum atomic E-state index is 2.30. The highest BCUT2D eigenvalue weighted by molar-refractivity contribution is 8.00. The van der Waals surface area contributed by atoms with Crippen molar-refractivity contribution in [1.29, 1.82) is 0 Å². The standard InChI is InChI=1S/C13H12NS3/c1-14-10-6-5-9(11-4-3-7-16-11)8-12(10)17-13(14)15-2/h3-8H,1-2H3/q+1. The average Bonchev–Trinajstić information content (AvgIpc) is 2.97. The molecule has 86 valence electrons. The van der Waals surface area contributed by atoms with E-state index in [4.69, 9.17) is 0 Å². The SMILES string of the molecule is CSc1sc2cc(-c3cccs3)ccc2[n+]1C. The Morgan fingerprint density at radius 2 is 2.12 bits per heavy atom. The Morgan fingerprint density at radius 3 is 2.82 bits per heavy atom. The van der Waals surface area contributed by atoms with Gasteiger partial charge in [0.1, 0.15) is 11.7 Å². The Kier molecular flexibility index (Phi) is 2.94. The molecule has 2 aromatic heterocycles. The average molecular weight is 278 g/mol. The fraction of sp³-hybridized carbons (Fsp3) is 0.154. The highest BCUT2D eigenvalue weighted by Gasteiger charge is 2.16. The molecule has 0 aliphatic rings. The molecule has 1 aromatic carbocycles. The summed E-state index contributed by atoms with van der Waals surface area (Å²) >= 11 is 5.47. The predicted molar refractivity (Wildman–Crippen MR) is 78.1 cm³/mol. The van der Waals surface area contributed by atoms with Crippen LogP contribution in [0.4, 0.5) is 0 Å². The third-order valence-corrected chi connectivity index (χ3v) is 6.06. The Bertz CT molecular complexity index is 653. The third-order valence-electron chi connectivity index (χ3n) is 2.77. The van der Waals surface area contributed by atoms with Crippen LogP contribution in [0.2, 0.25) is 0 Å². The van der Waals surface area contributed by atoms with Gasteiger partial charge in [0.05, 0.1) is 0 Å². The molecule has 3 aromatic rings. The molecule has 4 heteroatoms. The molecular weight excluding hydrogens is 266 g/mol. The first-order chi connectivity index (χ1) is 8.29. The van der Waals surface area contributed by atoms with Gasteiger partial charge < -0.3 is 0 Å². The summed E-state index contributed by atoms with van der Waals surface area (Å²) < 4.78 is 4.98. The van der Waals surface area contributed by atoms with Gasteiger partial charge in [-0.25, -0.2) is 0 Å². The Morgan fingerprint density at radius 1 is 1.24 bits per heavy atom. The van der Waals surface area contributed by atoms with Gasteiger partial charge >= 0.3 is 0 Å². The first-order valence-electron chi connectivity index (χ1n) is 5.30. The largest absolute Gasteiger partial charge is 0.297 e. The maximum absolute atomic E-state index is 2.30. The van der Waals surface area contributed by atoms with Gasteiger partial charge in [-0.15, -0.1) is 11.3 Å². The van der Waals surface area contributed by atoms with Crippen LogP contribution in [-0.4, -0.2) is 6.26 Å². The number of hydrogen-bond donors (Lipinski definition) is 0. The smallest absolute Gasteiger partial charge is 0.179 e. The molecule has 0 radical (unpaired) electrons. The van der Waals surface area contributed by atoms with Crippen LogP contribution < -0.4 is 4.57 Å². The van der Waals surface area contributed by atoms with Crippen molar-refractivity contribution < 1.29 is 4.57 Å². The monoisotopic (exact) mass is 278 g/mol. The topological polar surface area (TPSA) is 3.88 Å². The highest BCUT2D eigenvalue weighted by Crippen LogP contribution is 2.31. The Balaban J connectivity index is 2.20. The van der Waals surface area contributed by atoms with Gasteiger partial charge in [-0.05, 0) is 47.2 Å². The van der Waals surface area contributed by atoms with E-state index in [9.17, 15) is 0 Å². The lowest BCUT2D eigenvalue weighted by Gasteiger charge is -1.95. The molecule has 0 spiro atoms. The van der Waals surface area contributed by atoms with E-state index >= 15 is 0 Å². The molecule has 0 unspecified atom stereocenters. The summed E-state index contributed by atoms with van der Waals surface area (Å²) in [6.45, 7) is 0. The van der Waals surface area contributed by atoms with Crippen LogP contribution in [0.15, 0.2) is 40.1 Å². The molecule has 0 N–H and O–H groups in total. The van der Waals surface area contributed by atoms with Crippen LogP contribution in [0.5, 0.6) is 0 Å². The van der Waals surface area contributed by atoms with Gasteiger partial charge in [0.2, 0.25) is 5.52 Å². The molecule has 3 rings (SSSR count). The number of nitrogens with zero attached hydrogens (tertiary/aromatic N) is 1. The van der Waals surface area contributed by atoms with E-state index in [0.29, 0.717) is 0 Å². The number of benzene rings is 1. The molecule has 0 atom stereocenters. The molecule has 17 heavy (non-hydrogen) atoms. The number of thiophene rings is 1. The van der Waals surface area contributed by atoms with Crippen LogP contribution in [0.1, 0.15) is 0 Å². The maximum Gasteiger partial charge on any atom is 0.297 e. The molecule has 0 bridgehead atoms. The van der Waals surface area contributed by atoms with E-state index in [-0.39, 0.29) is 0 Å². The van der Waals surface area contributed by atoms with Crippen molar-refractivity contribution >= 4 is 44.7 Å². The van der Waals surface area contributed by atoms with Gasteiger partial charge in [-0.3, -0.25) is 0 Å². The summed E-state index contributed by atoms with van der Waals surface area (Å²) in [6.07, 6.45) is 2.13. The van der Waals surface area contributed by atoms with Crippen molar-refractivity contribution in [2.75, 3.05) is 6.26 Å². The molecule has 0 amide bonds. The highest BCUT2D eigenvalue weighted by atomic mass is 32.2. The van der Waals surface area contributed by atoms with Crippen molar-refractivity contribution in [2.45, 2.75) is 4.34 Å². The summed E-state index contributed by atoms with van der Waals surface area (Å²) in [4.78, 5) is 1.34. The summed E-state index contributed by atoms with van der Waals surface area (Å²) in [5, 5.41) is 2.13. The normalized spacial score (nSPS) is 11.2. The van der Waals surface area contributed by atoms with Crippen LogP contribution in [0.25, 0.3) is 20.7 Å². The number of hydrogen-bond acceptors (Lipinski definition) is 3. The lowest BCUT2D eigenvalue weighted by atomic mass is 10.2. The minimum atomic E-state index is 1.32. The lowest BCUT2D eigenvalue weighted by Crippen LogP contribution is -2.27. The number of aryl methyl sites for hydroxylation is 1. The van der Waals surface area contributed by atoms with Crippen LogP contribution in [0, 0.1) is 0 Å². The quantitative estimate of drug-likeness (QED) is 0.502. The van der Waals surface area contributed by atoms with E-state index in [0.717, 1.165) is 0 Å². The Labute approximate surface area is 113 Å². The first kappa shape index (κ1) is 11.3. The second kappa shape index (κ2) is 4.44. The molecule has 0 aliphatic carbocycles. The molecule has 0 saturated carbocycles. The van der Waals surface area contributed by atoms with Gasteiger partial charge in [0, 0.05) is 10.9 Å². The molecule has 0 saturated heterocycles. The van der Waals surface area contributed by atoms with Crippen LogP contribution in [-0.2, 0) is 7.05 Å². The fourth-order valence-corrected chi connectivity index (χ4v) is 4.53. The van der Waals surface area contributed by atoms with E-state index < -0.39 is 0 Å². The Hall–Kier alpha value is -0.840. The summed E-state index contributed by atoms with van der Waals surface area (Å²) in [5.74, 6) is 0. The number of fused-ring (bicyclic) bond motifs is 1. The predicted octanol–water partition coefficient (Wildman–Crippen LogP) is 4.18. The van der Waals surface area contributed by atoms with E-state index in [1.54, 1.807) is 11.3 Å². The van der Waals surface area contributed by atoms with Gasteiger partial charge in [0.15, 0.2) is 0 Å². The van der Waals surface area contributed by atoms with E-state index in [1.807, 2.05) is 23.1 Å². The van der Waals surface area contributed by atoms with Gasteiger partial charge in [-0.1, -0.05) is 17.4 Å². The fourth-order valence-electron chi connectivity index (χ4n) is 1.91. The zero-order valence-corrected chi connectivity index (χ0v) is 12.1.